The Bertz CT molecular complexity index is 284. The molecule has 3 heteroatoms. The molecule has 0 aliphatic heterocycles. The monoisotopic (exact) mass is 290 g/mol. The molecule has 0 unspecified atom stereocenters. The van der Waals surface area contributed by atoms with Crippen molar-refractivity contribution >= 4 is 38.1 Å². The van der Waals surface area contributed by atoms with E-state index < -0.39 is 0 Å². The number of benzene rings is 1. The van der Waals surface area contributed by atoms with Crippen LogP contribution in [-0.2, 0) is 6.42 Å². The molecular formula is C9H8Br2O. The zero-order valence-electron chi connectivity index (χ0n) is 6.39. The minimum Gasteiger partial charge on any atom is -0.298 e. The van der Waals surface area contributed by atoms with Crippen molar-refractivity contribution in [1.29, 1.82) is 0 Å². The zero-order chi connectivity index (χ0) is 8.97. The molecule has 0 saturated heterocycles. The molecule has 0 heterocycles. The van der Waals surface area contributed by atoms with Crippen molar-refractivity contribution < 1.29 is 4.79 Å². The Hall–Kier alpha value is -0.150. The highest BCUT2D eigenvalue weighted by molar-refractivity contribution is 9.10. The van der Waals surface area contributed by atoms with Crippen LogP contribution in [0.25, 0.3) is 0 Å². The van der Waals surface area contributed by atoms with Crippen molar-refractivity contribution in [2.75, 3.05) is 5.33 Å². The first kappa shape index (κ1) is 9.93. The van der Waals surface area contributed by atoms with Crippen LogP contribution in [-0.4, -0.2) is 11.6 Å². The molecule has 0 amide bonds. The lowest BCUT2D eigenvalue weighted by Gasteiger charge is -2.01. The number of hydrogen-bond donors (Lipinski definition) is 0. The summed E-state index contributed by atoms with van der Waals surface area (Å²) in [4.78, 5) is 10.4. The minimum atomic E-state index is 0.709. The minimum absolute atomic E-state index is 0.709. The average molecular weight is 292 g/mol. The predicted octanol–water partition coefficient (Wildman–Crippen LogP) is 3.20. The number of rotatable bonds is 3. The van der Waals surface area contributed by atoms with Crippen LogP contribution in [0.15, 0.2) is 22.7 Å². The lowest BCUT2D eigenvalue weighted by atomic mass is 10.1. The Balaban J connectivity index is 2.94. The van der Waals surface area contributed by atoms with E-state index in [1.807, 2.05) is 18.2 Å². The van der Waals surface area contributed by atoms with Crippen LogP contribution in [0.4, 0.5) is 0 Å². The average Bonchev–Trinajstić information content (AvgIpc) is 2.09. The molecule has 0 aliphatic carbocycles. The van der Waals surface area contributed by atoms with Gasteiger partial charge in [0.15, 0.2) is 0 Å². The van der Waals surface area contributed by atoms with Crippen molar-refractivity contribution in [3.05, 3.63) is 33.8 Å². The summed E-state index contributed by atoms with van der Waals surface area (Å²) in [5.74, 6) is 0. The Labute approximate surface area is 88.4 Å². The van der Waals surface area contributed by atoms with Crippen LogP contribution in [0.1, 0.15) is 15.9 Å². The van der Waals surface area contributed by atoms with E-state index in [4.69, 9.17) is 0 Å². The summed E-state index contributed by atoms with van der Waals surface area (Å²) in [6, 6.07) is 5.63. The summed E-state index contributed by atoms with van der Waals surface area (Å²) in [6.07, 6.45) is 1.82. The lowest BCUT2D eigenvalue weighted by molar-refractivity contribution is 0.112. The van der Waals surface area contributed by atoms with Gasteiger partial charge in [-0.05, 0) is 18.1 Å². The second-order valence-corrected chi connectivity index (χ2v) is 4.06. The van der Waals surface area contributed by atoms with E-state index in [9.17, 15) is 4.79 Å². The summed E-state index contributed by atoms with van der Waals surface area (Å²) in [7, 11) is 0. The first-order valence-electron chi connectivity index (χ1n) is 3.57. The second kappa shape index (κ2) is 4.77. The van der Waals surface area contributed by atoms with Crippen LogP contribution in [0, 0.1) is 0 Å². The van der Waals surface area contributed by atoms with E-state index in [1.54, 1.807) is 0 Å². The van der Waals surface area contributed by atoms with Crippen LogP contribution in [0.2, 0.25) is 0 Å². The van der Waals surface area contributed by atoms with Crippen molar-refractivity contribution in [2.45, 2.75) is 6.42 Å². The van der Waals surface area contributed by atoms with Crippen LogP contribution in [0.5, 0.6) is 0 Å². The van der Waals surface area contributed by atoms with E-state index in [-0.39, 0.29) is 0 Å². The predicted molar refractivity (Wildman–Crippen MR) is 57.0 cm³/mol. The van der Waals surface area contributed by atoms with E-state index >= 15 is 0 Å². The van der Waals surface area contributed by atoms with Gasteiger partial charge in [-0.3, -0.25) is 4.79 Å². The fraction of sp³-hybridized carbons (Fsp3) is 0.222. The van der Waals surface area contributed by atoms with Crippen molar-refractivity contribution in [1.82, 2.24) is 0 Å². The Morgan fingerprint density at radius 3 is 2.67 bits per heavy atom. The number of halogens is 2. The number of aldehydes is 1. The molecule has 1 aromatic rings. The van der Waals surface area contributed by atoms with Crippen molar-refractivity contribution in [2.24, 2.45) is 0 Å². The maximum absolute atomic E-state index is 10.4. The molecule has 1 rings (SSSR count). The Kier molecular flexibility index (Phi) is 3.95. The summed E-state index contributed by atoms with van der Waals surface area (Å²) < 4.78 is 1.01. The zero-order valence-corrected chi connectivity index (χ0v) is 9.56. The molecule has 12 heavy (non-hydrogen) atoms. The van der Waals surface area contributed by atoms with Gasteiger partial charge in [-0.1, -0.05) is 44.0 Å². The maximum atomic E-state index is 10.4. The normalized spacial score (nSPS) is 9.83. The molecule has 0 aromatic heterocycles. The van der Waals surface area contributed by atoms with Crippen LogP contribution in [0.3, 0.4) is 0 Å². The van der Waals surface area contributed by atoms with E-state index in [0.717, 1.165) is 22.5 Å². The highest BCUT2D eigenvalue weighted by Crippen LogP contribution is 2.18. The maximum Gasteiger partial charge on any atom is 0.150 e. The number of aryl methyl sites for hydroxylation is 1. The van der Waals surface area contributed by atoms with Gasteiger partial charge in [0.25, 0.3) is 0 Å². The van der Waals surface area contributed by atoms with Gasteiger partial charge < -0.3 is 0 Å². The number of hydrogen-bond acceptors (Lipinski definition) is 1. The Morgan fingerprint density at radius 1 is 1.42 bits per heavy atom. The van der Waals surface area contributed by atoms with E-state index in [2.05, 4.69) is 31.9 Å². The summed E-state index contributed by atoms with van der Waals surface area (Å²) in [5, 5.41) is 0.937. The summed E-state index contributed by atoms with van der Waals surface area (Å²) >= 11 is 6.77. The molecule has 0 saturated carbocycles. The molecule has 0 radical (unpaired) electrons. The summed E-state index contributed by atoms with van der Waals surface area (Å²) in [5.41, 5.74) is 1.93. The third kappa shape index (κ3) is 2.42. The standard InChI is InChI=1S/C9H8Br2O/c10-4-3-8-2-1-7(6-12)5-9(8)11/h1-2,5-6H,3-4H2. The van der Waals surface area contributed by atoms with Gasteiger partial charge in [0, 0.05) is 15.4 Å². The Morgan fingerprint density at radius 2 is 2.17 bits per heavy atom. The molecular weight excluding hydrogens is 284 g/mol. The second-order valence-electron chi connectivity index (χ2n) is 2.41. The highest BCUT2D eigenvalue weighted by Gasteiger charge is 1.99. The molecule has 0 atom stereocenters. The number of alkyl halides is 1. The molecule has 0 fully saturated rings. The molecule has 64 valence electrons. The largest absolute Gasteiger partial charge is 0.298 e. The van der Waals surface area contributed by atoms with Crippen LogP contribution >= 0.6 is 31.9 Å². The van der Waals surface area contributed by atoms with Gasteiger partial charge in [0.05, 0.1) is 0 Å². The van der Waals surface area contributed by atoms with Gasteiger partial charge in [-0.15, -0.1) is 0 Å². The van der Waals surface area contributed by atoms with E-state index in [1.165, 1.54) is 5.56 Å². The van der Waals surface area contributed by atoms with Gasteiger partial charge in [0.2, 0.25) is 0 Å². The van der Waals surface area contributed by atoms with Gasteiger partial charge >= 0.3 is 0 Å². The lowest BCUT2D eigenvalue weighted by Crippen LogP contribution is -1.89. The van der Waals surface area contributed by atoms with Gasteiger partial charge in [0.1, 0.15) is 6.29 Å². The number of carbonyl (C=O) groups is 1. The molecule has 0 aliphatic rings. The SMILES string of the molecule is O=Cc1ccc(CCBr)c(Br)c1. The smallest absolute Gasteiger partial charge is 0.150 e. The molecule has 0 bridgehead atoms. The van der Waals surface area contributed by atoms with Gasteiger partial charge in [-0.25, -0.2) is 0 Å². The third-order valence-electron chi connectivity index (χ3n) is 1.58. The molecule has 0 N–H and O–H groups in total. The van der Waals surface area contributed by atoms with Gasteiger partial charge in [-0.2, -0.15) is 0 Å². The van der Waals surface area contributed by atoms with E-state index in [0.29, 0.717) is 5.56 Å². The molecule has 0 spiro atoms. The van der Waals surface area contributed by atoms with Crippen LogP contribution < -0.4 is 0 Å². The molecule has 1 aromatic carbocycles. The third-order valence-corrected chi connectivity index (χ3v) is 2.71. The summed E-state index contributed by atoms with van der Waals surface area (Å²) in [6.45, 7) is 0. The topological polar surface area (TPSA) is 17.1 Å². The number of carbonyl (C=O) groups excluding carboxylic acids is 1. The molecule has 1 nitrogen and oxygen atoms in total. The highest BCUT2D eigenvalue weighted by atomic mass is 79.9. The quantitative estimate of drug-likeness (QED) is 0.617. The van der Waals surface area contributed by atoms with Crippen molar-refractivity contribution in [3.63, 3.8) is 0 Å². The first-order chi connectivity index (χ1) is 5.77. The fourth-order valence-corrected chi connectivity index (χ4v) is 1.96. The first-order valence-corrected chi connectivity index (χ1v) is 5.49. The fourth-order valence-electron chi connectivity index (χ4n) is 0.941. The van der Waals surface area contributed by atoms with Crippen molar-refractivity contribution in [3.8, 4) is 0 Å².